The summed E-state index contributed by atoms with van der Waals surface area (Å²) < 4.78 is 0. The molecule has 3 nitrogen and oxygen atoms in total. The van der Waals surface area contributed by atoms with Gasteiger partial charge in [0.15, 0.2) is 0 Å². The lowest BCUT2D eigenvalue weighted by Crippen LogP contribution is -2.03. The first-order chi connectivity index (χ1) is 4.93. The number of nitrogens with zero attached hydrogens (tertiary/aromatic N) is 3. The summed E-state index contributed by atoms with van der Waals surface area (Å²) in [6.45, 7) is 0.632. The van der Waals surface area contributed by atoms with Crippen molar-refractivity contribution in [3.63, 3.8) is 0 Å². The van der Waals surface area contributed by atoms with Gasteiger partial charge >= 0.3 is 0 Å². The fraction of sp³-hybridized carbons (Fsp3) is 0.714. The molecule has 0 aliphatic heterocycles. The van der Waals surface area contributed by atoms with Gasteiger partial charge in [0, 0.05) is 11.5 Å². The van der Waals surface area contributed by atoms with E-state index in [1.165, 1.54) is 19.3 Å². The first kappa shape index (κ1) is 7.16. The van der Waals surface area contributed by atoms with Crippen LogP contribution in [0.25, 0.3) is 10.4 Å². The van der Waals surface area contributed by atoms with E-state index < -0.39 is 0 Å². The minimum atomic E-state index is 0.504. The van der Waals surface area contributed by atoms with Gasteiger partial charge in [-0.05, 0) is 30.7 Å². The fourth-order valence-electron chi connectivity index (χ4n) is 1.18. The number of hydrogen-bond acceptors (Lipinski definition) is 1. The molecule has 3 heteroatoms. The minimum absolute atomic E-state index is 0.504. The summed E-state index contributed by atoms with van der Waals surface area (Å²) in [6, 6.07) is 0. The molecule has 0 aromatic rings. The zero-order valence-corrected chi connectivity index (χ0v) is 5.90. The van der Waals surface area contributed by atoms with Gasteiger partial charge in [0.25, 0.3) is 0 Å². The van der Waals surface area contributed by atoms with E-state index >= 15 is 0 Å². The maximum Gasteiger partial charge on any atom is 0.0320 e. The highest BCUT2D eigenvalue weighted by Crippen LogP contribution is 2.16. The Bertz CT molecular complexity index is 168. The minimum Gasteiger partial charge on any atom is -0.0934 e. The van der Waals surface area contributed by atoms with Crippen molar-refractivity contribution in [1.29, 1.82) is 0 Å². The zero-order chi connectivity index (χ0) is 7.23. The molecule has 0 heterocycles. The van der Waals surface area contributed by atoms with Crippen molar-refractivity contribution in [3.05, 3.63) is 22.6 Å². The third kappa shape index (κ3) is 2.11. The normalized spacial score (nSPS) is 23.8. The van der Waals surface area contributed by atoms with Crippen molar-refractivity contribution in [2.45, 2.75) is 19.3 Å². The highest BCUT2D eigenvalue weighted by molar-refractivity contribution is 4.93. The van der Waals surface area contributed by atoms with E-state index in [0.29, 0.717) is 12.5 Å². The van der Waals surface area contributed by atoms with Crippen LogP contribution in [0.2, 0.25) is 0 Å². The van der Waals surface area contributed by atoms with Gasteiger partial charge in [-0.1, -0.05) is 17.3 Å². The number of hydrogen-bond donors (Lipinski definition) is 0. The lowest BCUT2D eigenvalue weighted by molar-refractivity contribution is 0.549. The molecular weight excluding hydrogens is 126 g/mol. The molecule has 0 spiro atoms. The van der Waals surface area contributed by atoms with E-state index in [1.807, 2.05) is 0 Å². The Morgan fingerprint density at radius 3 is 3.20 bits per heavy atom. The molecule has 54 valence electrons. The van der Waals surface area contributed by atoms with Crippen LogP contribution in [0.5, 0.6) is 0 Å². The highest BCUT2D eigenvalue weighted by atomic mass is 15.1. The van der Waals surface area contributed by atoms with E-state index in [1.54, 1.807) is 0 Å². The lowest BCUT2D eigenvalue weighted by atomic mass is 9.96. The lowest BCUT2D eigenvalue weighted by Gasteiger charge is -2.12. The molecule has 0 radical (unpaired) electrons. The van der Waals surface area contributed by atoms with Gasteiger partial charge in [-0.3, -0.25) is 0 Å². The summed E-state index contributed by atoms with van der Waals surface area (Å²) in [4.78, 5) is 2.72. The van der Waals surface area contributed by atoms with Gasteiger partial charge in [0.05, 0.1) is 0 Å². The van der Waals surface area contributed by atoms with Gasteiger partial charge < -0.3 is 0 Å². The molecule has 10 heavy (non-hydrogen) atoms. The van der Waals surface area contributed by atoms with Gasteiger partial charge in [-0.25, -0.2) is 0 Å². The van der Waals surface area contributed by atoms with Crippen LogP contribution >= 0.6 is 0 Å². The molecule has 0 N–H and O–H groups in total. The molecule has 0 saturated carbocycles. The first-order valence-electron chi connectivity index (χ1n) is 3.61. The predicted molar refractivity (Wildman–Crippen MR) is 40.5 cm³/mol. The number of allylic oxidation sites excluding steroid dienone is 1. The Morgan fingerprint density at radius 2 is 2.60 bits per heavy atom. The van der Waals surface area contributed by atoms with Crippen LogP contribution in [0.1, 0.15) is 19.3 Å². The first-order valence-corrected chi connectivity index (χ1v) is 3.61. The van der Waals surface area contributed by atoms with Crippen molar-refractivity contribution < 1.29 is 0 Å². The maximum absolute atomic E-state index is 8.03. The van der Waals surface area contributed by atoms with Crippen molar-refractivity contribution in [2.24, 2.45) is 11.0 Å². The van der Waals surface area contributed by atoms with E-state index in [0.717, 1.165) is 0 Å². The second-order valence-electron chi connectivity index (χ2n) is 2.53. The number of azide groups is 1. The van der Waals surface area contributed by atoms with E-state index in [-0.39, 0.29) is 0 Å². The molecule has 0 aromatic carbocycles. The Kier molecular flexibility index (Phi) is 2.84. The molecule has 0 fully saturated rings. The summed E-state index contributed by atoms with van der Waals surface area (Å²) >= 11 is 0. The monoisotopic (exact) mass is 137 g/mol. The van der Waals surface area contributed by atoms with Crippen LogP contribution in [-0.2, 0) is 0 Å². The van der Waals surface area contributed by atoms with Crippen molar-refractivity contribution in [3.8, 4) is 0 Å². The third-order valence-corrected chi connectivity index (χ3v) is 1.73. The summed E-state index contributed by atoms with van der Waals surface area (Å²) in [5.41, 5.74) is 8.03. The third-order valence-electron chi connectivity index (χ3n) is 1.73. The molecule has 1 aliphatic rings. The quantitative estimate of drug-likeness (QED) is 0.243. The van der Waals surface area contributed by atoms with Crippen LogP contribution in [0, 0.1) is 5.92 Å². The smallest absolute Gasteiger partial charge is 0.0320 e. The fourth-order valence-corrected chi connectivity index (χ4v) is 1.18. The molecule has 1 atom stereocenters. The predicted octanol–water partition coefficient (Wildman–Crippen LogP) is 2.65. The summed E-state index contributed by atoms with van der Waals surface area (Å²) in [7, 11) is 0. The molecular formula is C7H11N3. The van der Waals surface area contributed by atoms with Gasteiger partial charge in [0.1, 0.15) is 0 Å². The van der Waals surface area contributed by atoms with E-state index in [4.69, 9.17) is 5.53 Å². The molecule has 0 bridgehead atoms. The van der Waals surface area contributed by atoms with Crippen LogP contribution in [0.3, 0.4) is 0 Å². The standard InChI is InChI=1S/C7H11N3/c8-10-9-6-7-4-2-1-3-5-7/h2,4,7H,1,3,5-6H2. The molecule has 0 saturated heterocycles. The molecule has 1 rings (SSSR count). The van der Waals surface area contributed by atoms with Crippen LogP contribution in [-0.4, -0.2) is 6.54 Å². The maximum atomic E-state index is 8.03. The van der Waals surface area contributed by atoms with E-state index in [9.17, 15) is 0 Å². The van der Waals surface area contributed by atoms with Gasteiger partial charge in [0.2, 0.25) is 0 Å². The largest absolute Gasteiger partial charge is 0.0934 e. The highest BCUT2D eigenvalue weighted by Gasteiger charge is 2.05. The summed E-state index contributed by atoms with van der Waals surface area (Å²) in [5.74, 6) is 0.504. The van der Waals surface area contributed by atoms with Crippen molar-refractivity contribution >= 4 is 0 Å². The van der Waals surface area contributed by atoms with Gasteiger partial charge in [-0.15, -0.1) is 0 Å². The van der Waals surface area contributed by atoms with Crippen LogP contribution in [0.15, 0.2) is 17.3 Å². The van der Waals surface area contributed by atoms with Gasteiger partial charge in [-0.2, -0.15) is 0 Å². The SMILES string of the molecule is [N-]=[N+]=NCC1C=CCCC1. The summed E-state index contributed by atoms with van der Waals surface area (Å²) in [6.07, 6.45) is 7.92. The van der Waals surface area contributed by atoms with Crippen molar-refractivity contribution in [1.82, 2.24) is 0 Å². The Morgan fingerprint density at radius 1 is 1.70 bits per heavy atom. The van der Waals surface area contributed by atoms with Crippen LogP contribution < -0.4 is 0 Å². The van der Waals surface area contributed by atoms with E-state index in [2.05, 4.69) is 22.2 Å². The topological polar surface area (TPSA) is 48.8 Å². The average molecular weight is 137 g/mol. The van der Waals surface area contributed by atoms with Crippen molar-refractivity contribution in [2.75, 3.05) is 6.54 Å². The molecule has 0 aromatic heterocycles. The molecule has 1 aliphatic carbocycles. The molecule has 1 unspecified atom stereocenters. The summed E-state index contributed by atoms with van der Waals surface area (Å²) in [5, 5.41) is 3.52. The van der Waals surface area contributed by atoms with Crippen LogP contribution in [0.4, 0.5) is 0 Å². The second-order valence-corrected chi connectivity index (χ2v) is 2.53. The average Bonchev–Trinajstić information content (AvgIpc) is 2.03. The Hall–Kier alpha value is -0.950. The second kappa shape index (κ2) is 3.96. The molecule has 0 amide bonds. The zero-order valence-electron chi connectivity index (χ0n) is 5.90. The Labute approximate surface area is 60.4 Å². The Balaban J connectivity index is 2.32. The number of rotatable bonds is 2.